The van der Waals surface area contributed by atoms with Gasteiger partial charge >= 0.3 is 0 Å². The largest absolute Gasteiger partial charge is 0.507 e. The molecule has 1 atom stereocenters. The van der Waals surface area contributed by atoms with Crippen molar-refractivity contribution in [2.45, 2.75) is 19.9 Å². The standard InChI is InChI=1S/C28H25NO6/c1-16-6-4-9-21(17(16)2)29-25(18-7-5-8-20(14-18)33-3)24(27(31)28(29)32)26(30)19-10-11-22-23(15-19)35-13-12-34-22/h4-11,14-15,25,30H,12-13H2,1-3H3/b26-24-. The Morgan fingerprint density at radius 1 is 0.971 bits per heavy atom. The molecular formula is C28H25NO6. The molecule has 7 nitrogen and oxygen atoms in total. The van der Waals surface area contributed by atoms with Gasteiger partial charge in [-0.1, -0.05) is 24.3 Å². The number of amides is 1. The first-order valence-electron chi connectivity index (χ1n) is 11.3. The van der Waals surface area contributed by atoms with Gasteiger partial charge in [-0.25, -0.2) is 0 Å². The number of hydrogen-bond donors (Lipinski definition) is 1. The molecule has 1 fully saturated rings. The van der Waals surface area contributed by atoms with Gasteiger partial charge in [0.25, 0.3) is 11.7 Å². The first kappa shape index (κ1) is 22.5. The average Bonchev–Trinajstić information content (AvgIpc) is 3.15. The number of aliphatic hydroxyl groups is 1. The van der Waals surface area contributed by atoms with Crippen molar-refractivity contribution in [1.29, 1.82) is 0 Å². The van der Waals surface area contributed by atoms with Crippen molar-refractivity contribution in [3.63, 3.8) is 0 Å². The minimum Gasteiger partial charge on any atom is -0.507 e. The number of ketones is 1. The molecule has 0 saturated carbocycles. The Labute approximate surface area is 203 Å². The van der Waals surface area contributed by atoms with E-state index >= 15 is 0 Å². The number of fused-ring (bicyclic) bond motifs is 1. The number of carbonyl (C=O) groups excluding carboxylic acids is 2. The summed E-state index contributed by atoms with van der Waals surface area (Å²) in [5.41, 5.74) is 3.48. The third kappa shape index (κ3) is 3.79. The van der Waals surface area contributed by atoms with Crippen LogP contribution in [0.4, 0.5) is 5.69 Å². The number of rotatable bonds is 4. The third-order valence-electron chi connectivity index (χ3n) is 6.51. The molecule has 0 radical (unpaired) electrons. The summed E-state index contributed by atoms with van der Waals surface area (Å²) >= 11 is 0. The van der Waals surface area contributed by atoms with Gasteiger partial charge in [-0.05, 0) is 66.9 Å². The Kier molecular flexibility index (Phi) is 5.68. The van der Waals surface area contributed by atoms with E-state index < -0.39 is 17.7 Å². The molecule has 1 N–H and O–H groups in total. The van der Waals surface area contributed by atoms with Crippen molar-refractivity contribution in [2.24, 2.45) is 0 Å². The first-order valence-corrected chi connectivity index (χ1v) is 11.3. The minimum absolute atomic E-state index is 0.000775. The highest BCUT2D eigenvalue weighted by Gasteiger charge is 2.47. The van der Waals surface area contributed by atoms with Gasteiger partial charge in [0.05, 0.1) is 18.7 Å². The molecule has 0 aliphatic carbocycles. The Morgan fingerprint density at radius 2 is 1.71 bits per heavy atom. The van der Waals surface area contributed by atoms with Crippen molar-refractivity contribution in [1.82, 2.24) is 0 Å². The maximum atomic E-state index is 13.4. The van der Waals surface area contributed by atoms with Crippen molar-refractivity contribution >= 4 is 23.1 Å². The summed E-state index contributed by atoms with van der Waals surface area (Å²) in [7, 11) is 1.55. The summed E-state index contributed by atoms with van der Waals surface area (Å²) < 4.78 is 16.6. The Balaban J connectivity index is 1.73. The molecule has 2 aliphatic heterocycles. The molecule has 178 valence electrons. The summed E-state index contributed by atoms with van der Waals surface area (Å²) in [5.74, 6) is -0.124. The van der Waals surface area contributed by atoms with Crippen molar-refractivity contribution < 1.29 is 28.9 Å². The highest BCUT2D eigenvalue weighted by atomic mass is 16.6. The lowest BCUT2D eigenvalue weighted by Gasteiger charge is -2.27. The van der Waals surface area contributed by atoms with Crippen LogP contribution in [0.15, 0.2) is 66.2 Å². The van der Waals surface area contributed by atoms with E-state index in [9.17, 15) is 14.7 Å². The summed E-state index contributed by atoms with van der Waals surface area (Å²) in [6, 6.07) is 16.9. The maximum Gasteiger partial charge on any atom is 0.300 e. The monoisotopic (exact) mass is 471 g/mol. The number of hydrogen-bond acceptors (Lipinski definition) is 6. The van der Waals surface area contributed by atoms with E-state index in [1.807, 2.05) is 38.1 Å². The molecule has 0 bridgehead atoms. The molecule has 1 unspecified atom stereocenters. The number of Topliss-reactive ketones (excluding diaryl/α,β-unsaturated/α-hetero) is 1. The molecule has 3 aromatic carbocycles. The van der Waals surface area contributed by atoms with Gasteiger partial charge in [-0.15, -0.1) is 0 Å². The molecule has 1 saturated heterocycles. The molecule has 0 aromatic heterocycles. The Morgan fingerprint density at radius 3 is 2.49 bits per heavy atom. The number of ether oxygens (including phenoxy) is 3. The number of benzene rings is 3. The molecule has 5 rings (SSSR count). The molecule has 2 heterocycles. The van der Waals surface area contributed by atoms with E-state index in [0.717, 1.165) is 11.1 Å². The summed E-state index contributed by atoms with van der Waals surface area (Å²) in [6.07, 6.45) is 0. The molecule has 2 aliphatic rings. The molecule has 35 heavy (non-hydrogen) atoms. The smallest absolute Gasteiger partial charge is 0.300 e. The van der Waals surface area contributed by atoms with Crippen LogP contribution in [0, 0.1) is 13.8 Å². The van der Waals surface area contributed by atoms with Gasteiger partial charge in [0.15, 0.2) is 11.5 Å². The summed E-state index contributed by atoms with van der Waals surface area (Å²) in [5, 5.41) is 11.4. The number of methoxy groups -OCH3 is 1. The number of anilines is 1. The number of nitrogens with zero attached hydrogens (tertiary/aromatic N) is 1. The van der Waals surface area contributed by atoms with E-state index in [0.29, 0.717) is 47.3 Å². The first-order chi connectivity index (χ1) is 16.9. The SMILES string of the molecule is COc1cccc(C2/C(=C(/O)c3ccc4c(c3)OCCO4)C(=O)C(=O)N2c2cccc(C)c2C)c1. The van der Waals surface area contributed by atoms with Crippen molar-refractivity contribution in [3.8, 4) is 17.2 Å². The van der Waals surface area contributed by atoms with Crippen molar-refractivity contribution in [2.75, 3.05) is 25.2 Å². The van der Waals surface area contributed by atoms with Crippen LogP contribution >= 0.6 is 0 Å². The van der Waals surface area contributed by atoms with E-state index in [1.54, 1.807) is 43.5 Å². The average molecular weight is 472 g/mol. The van der Waals surface area contributed by atoms with Gasteiger partial charge in [0, 0.05) is 11.3 Å². The fourth-order valence-corrected chi connectivity index (χ4v) is 4.55. The topological polar surface area (TPSA) is 85.3 Å². The van der Waals surface area contributed by atoms with E-state index in [4.69, 9.17) is 14.2 Å². The second-order valence-corrected chi connectivity index (χ2v) is 8.52. The fraction of sp³-hybridized carbons (Fsp3) is 0.214. The molecule has 0 spiro atoms. The normalized spacial score (nSPS) is 18.6. The zero-order valence-corrected chi connectivity index (χ0v) is 19.7. The molecule has 1 amide bonds. The minimum atomic E-state index is -0.848. The predicted molar refractivity (Wildman–Crippen MR) is 131 cm³/mol. The van der Waals surface area contributed by atoms with E-state index in [-0.39, 0.29) is 11.3 Å². The molecular weight excluding hydrogens is 446 g/mol. The lowest BCUT2D eigenvalue weighted by Crippen LogP contribution is -2.30. The van der Waals surface area contributed by atoms with Crippen LogP contribution in [0.2, 0.25) is 0 Å². The maximum absolute atomic E-state index is 13.4. The van der Waals surface area contributed by atoms with Gasteiger partial charge in [-0.3, -0.25) is 14.5 Å². The van der Waals surface area contributed by atoms with Crippen LogP contribution < -0.4 is 19.1 Å². The fourth-order valence-electron chi connectivity index (χ4n) is 4.55. The summed E-state index contributed by atoms with van der Waals surface area (Å²) in [6.45, 7) is 4.69. The van der Waals surface area contributed by atoms with Gasteiger partial charge in [0.1, 0.15) is 24.7 Å². The highest BCUT2D eigenvalue weighted by Crippen LogP contribution is 2.44. The second kappa shape index (κ2) is 8.83. The van der Waals surface area contributed by atoms with Crippen LogP contribution in [0.3, 0.4) is 0 Å². The second-order valence-electron chi connectivity index (χ2n) is 8.52. The quantitative estimate of drug-likeness (QED) is 0.337. The third-order valence-corrected chi connectivity index (χ3v) is 6.51. The number of carbonyl (C=O) groups is 2. The molecule has 3 aromatic rings. The van der Waals surface area contributed by atoms with Crippen molar-refractivity contribution in [3.05, 3.63) is 88.5 Å². The van der Waals surface area contributed by atoms with Crippen LogP contribution in [0.5, 0.6) is 17.2 Å². The number of aryl methyl sites for hydroxylation is 1. The molecule has 7 heteroatoms. The zero-order valence-electron chi connectivity index (χ0n) is 19.7. The van der Waals surface area contributed by atoms with Crippen LogP contribution in [0.1, 0.15) is 28.3 Å². The summed E-state index contributed by atoms with van der Waals surface area (Å²) in [4.78, 5) is 28.3. The van der Waals surface area contributed by atoms with Gasteiger partial charge < -0.3 is 19.3 Å². The van der Waals surface area contributed by atoms with Gasteiger partial charge in [0.2, 0.25) is 0 Å². The van der Waals surface area contributed by atoms with Crippen LogP contribution in [-0.2, 0) is 9.59 Å². The lowest BCUT2D eigenvalue weighted by molar-refractivity contribution is -0.132. The van der Waals surface area contributed by atoms with E-state index in [2.05, 4.69) is 0 Å². The highest BCUT2D eigenvalue weighted by molar-refractivity contribution is 6.51. The Bertz CT molecular complexity index is 1380. The van der Waals surface area contributed by atoms with Crippen LogP contribution in [-0.4, -0.2) is 37.1 Å². The number of aliphatic hydroxyl groups excluding tert-OH is 1. The lowest BCUT2D eigenvalue weighted by atomic mass is 9.94. The predicted octanol–water partition coefficient (Wildman–Crippen LogP) is 4.71. The zero-order chi connectivity index (χ0) is 24.7. The Hall–Kier alpha value is -4.26. The van der Waals surface area contributed by atoms with E-state index in [1.165, 1.54) is 4.90 Å². The van der Waals surface area contributed by atoms with Gasteiger partial charge in [-0.2, -0.15) is 0 Å². The van der Waals surface area contributed by atoms with Crippen LogP contribution in [0.25, 0.3) is 5.76 Å².